The number of halogens is 2. The Kier molecular flexibility index (Phi) is 5.00. The van der Waals surface area contributed by atoms with E-state index < -0.39 is 0 Å². The Morgan fingerprint density at radius 3 is 2.76 bits per heavy atom. The SMILES string of the molecule is Cc1ccc(Cl)cc1NC(=O)c1ccn(COc2ccc(F)cc2)n1. The molecular weight excluding hydrogens is 345 g/mol. The van der Waals surface area contributed by atoms with Crippen molar-refractivity contribution >= 4 is 23.2 Å². The number of aromatic nitrogens is 2. The molecule has 0 fully saturated rings. The molecule has 3 rings (SSSR count). The lowest BCUT2D eigenvalue weighted by molar-refractivity contribution is 0.102. The Hall–Kier alpha value is -2.86. The summed E-state index contributed by atoms with van der Waals surface area (Å²) in [5.74, 6) is -0.162. The van der Waals surface area contributed by atoms with E-state index in [-0.39, 0.29) is 24.1 Å². The van der Waals surface area contributed by atoms with Crippen LogP contribution in [0.3, 0.4) is 0 Å². The van der Waals surface area contributed by atoms with Crippen LogP contribution in [0.4, 0.5) is 10.1 Å². The molecule has 1 aromatic heterocycles. The first-order valence-electron chi connectivity index (χ1n) is 7.50. The van der Waals surface area contributed by atoms with Crippen LogP contribution < -0.4 is 10.1 Å². The van der Waals surface area contributed by atoms with Gasteiger partial charge in [0.05, 0.1) is 0 Å². The van der Waals surface area contributed by atoms with Gasteiger partial charge in [-0.1, -0.05) is 17.7 Å². The van der Waals surface area contributed by atoms with E-state index in [9.17, 15) is 9.18 Å². The minimum Gasteiger partial charge on any atom is -0.471 e. The summed E-state index contributed by atoms with van der Waals surface area (Å²) in [7, 11) is 0. The molecule has 128 valence electrons. The molecule has 0 spiro atoms. The zero-order valence-electron chi connectivity index (χ0n) is 13.4. The van der Waals surface area contributed by atoms with E-state index in [2.05, 4.69) is 10.4 Å². The van der Waals surface area contributed by atoms with Crippen molar-refractivity contribution in [2.24, 2.45) is 0 Å². The fourth-order valence-corrected chi connectivity index (χ4v) is 2.31. The van der Waals surface area contributed by atoms with Crippen LogP contribution in [0.1, 0.15) is 16.1 Å². The van der Waals surface area contributed by atoms with Crippen molar-refractivity contribution < 1.29 is 13.9 Å². The van der Waals surface area contributed by atoms with E-state index in [0.29, 0.717) is 16.5 Å². The van der Waals surface area contributed by atoms with E-state index in [1.807, 2.05) is 13.0 Å². The van der Waals surface area contributed by atoms with Crippen LogP contribution >= 0.6 is 11.6 Å². The maximum Gasteiger partial charge on any atom is 0.276 e. The monoisotopic (exact) mass is 359 g/mol. The number of carbonyl (C=O) groups is 1. The van der Waals surface area contributed by atoms with Crippen molar-refractivity contribution in [3.8, 4) is 5.75 Å². The minimum absolute atomic E-state index is 0.106. The van der Waals surface area contributed by atoms with Gasteiger partial charge in [0.15, 0.2) is 12.4 Å². The first kappa shape index (κ1) is 17.0. The summed E-state index contributed by atoms with van der Waals surface area (Å²) in [6.07, 6.45) is 1.63. The van der Waals surface area contributed by atoms with E-state index in [0.717, 1.165) is 5.56 Å². The van der Waals surface area contributed by atoms with Gasteiger partial charge >= 0.3 is 0 Å². The molecule has 2 aromatic carbocycles. The van der Waals surface area contributed by atoms with Crippen LogP contribution in [-0.4, -0.2) is 15.7 Å². The van der Waals surface area contributed by atoms with E-state index in [4.69, 9.17) is 16.3 Å². The predicted molar refractivity (Wildman–Crippen MR) is 93.4 cm³/mol. The summed E-state index contributed by atoms with van der Waals surface area (Å²) < 4.78 is 19.8. The minimum atomic E-state index is -0.342. The Labute approximate surface area is 149 Å². The Morgan fingerprint density at radius 2 is 2.00 bits per heavy atom. The van der Waals surface area contributed by atoms with E-state index in [1.54, 1.807) is 24.4 Å². The van der Waals surface area contributed by atoms with Gasteiger partial charge in [-0.2, -0.15) is 5.10 Å². The molecular formula is C18H15ClFN3O2. The number of nitrogens with zero attached hydrogens (tertiary/aromatic N) is 2. The van der Waals surface area contributed by atoms with Crippen molar-refractivity contribution in [3.05, 3.63) is 76.8 Å². The molecule has 3 aromatic rings. The smallest absolute Gasteiger partial charge is 0.276 e. The number of aryl methyl sites for hydroxylation is 1. The molecule has 1 amide bonds. The molecule has 0 bridgehead atoms. The summed E-state index contributed by atoms with van der Waals surface area (Å²) in [4.78, 5) is 12.3. The Morgan fingerprint density at radius 1 is 1.24 bits per heavy atom. The van der Waals surface area contributed by atoms with Crippen LogP contribution in [0, 0.1) is 12.7 Å². The van der Waals surface area contributed by atoms with E-state index in [1.165, 1.54) is 28.9 Å². The van der Waals surface area contributed by atoms with Crippen LogP contribution in [-0.2, 0) is 6.73 Å². The number of ether oxygens (including phenoxy) is 1. The maximum absolute atomic E-state index is 12.8. The molecule has 0 saturated heterocycles. The van der Waals surface area contributed by atoms with Crippen molar-refractivity contribution in [1.82, 2.24) is 9.78 Å². The lowest BCUT2D eigenvalue weighted by atomic mass is 10.2. The predicted octanol–water partition coefficient (Wildman–Crippen LogP) is 4.27. The number of amides is 1. The second-order valence-corrected chi connectivity index (χ2v) is 5.82. The molecule has 0 aliphatic rings. The highest BCUT2D eigenvalue weighted by atomic mass is 35.5. The molecule has 5 nitrogen and oxygen atoms in total. The van der Waals surface area contributed by atoms with E-state index >= 15 is 0 Å². The van der Waals surface area contributed by atoms with Crippen LogP contribution in [0.2, 0.25) is 5.02 Å². The lowest BCUT2D eigenvalue weighted by Gasteiger charge is -2.08. The van der Waals surface area contributed by atoms with Gasteiger partial charge < -0.3 is 10.1 Å². The average Bonchev–Trinajstić information content (AvgIpc) is 3.07. The third kappa shape index (κ3) is 4.36. The third-order valence-corrected chi connectivity index (χ3v) is 3.73. The fourth-order valence-electron chi connectivity index (χ4n) is 2.14. The van der Waals surface area contributed by atoms with Gasteiger partial charge in [0.25, 0.3) is 5.91 Å². The average molecular weight is 360 g/mol. The van der Waals surface area contributed by atoms with Crippen molar-refractivity contribution in [1.29, 1.82) is 0 Å². The van der Waals surface area contributed by atoms with Gasteiger partial charge in [-0.15, -0.1) is 0 Å². The molecule has 0 radical (unpaired) electrons. The highest BCUT2D eigenvalue weighted by Gasteiger charge is 2.11. The highest BCUT2D eigenvalue weighted by molar-refractivity contribution is 6.31. The van der Waals surface area contributed by atoms with Crippen molar-refractivity contribution in [2.75, 3.05) is 5.32 Å². The largest absolute Gasteiger partial charge is 0.471 e. The molecule has 0 unspecified atom stereocenters. The maximum atomic E-state index is 12.8. The lowest BCUT2D eigenvalue weighted by Crippen LogP contribution is -2.15. The number of hydrogen-bond acceptors (Lipinski definition) is 3. The van der Waals surface area contributed by atoms with Gasteiger partial charge in [-0.05, 0) is 55.0 Å². The number of benzene rings is 2. The van der Waals surface area contributed by atoms with Crippen LogP contribution in [0.25, 0.3) is 0 Å². The summed E-state index contributed by atoms with van der Waals surface area (Å²) in [6.45, 7) is 1.98. The number of hydrogen-bond donors (Lipinski definition) is 1. The standard InChI is InChI=1S/C18H15ClFN3O2/c1-12-2-3-13(19)10-17(12)21-18(24)16-8-9-23(22-16)11-25-15-6-4-14(20)5-7-15/h2-10H,11H2,1H3,(H,21,24). The molecule has 0 saturated carbocycles. The molecule has 1 N–H and O–H groups in total. The first-order chi connectivity index (χ1) is 12.0. The van der Waals surface area contributed by atoms with Crippen molar-refractivity contribution in [2.45, 2.75) is 13.7 Å². The van der Waals surface area contributed by atoms with Gasteiger partial charge in [-0.3, -0.25) is 4.79 Å². The zero-order chi connectivity index (χ0) is 17.8. The molecule has 0 atom stereocenters. The third-order valence-electron chi connectivity index (χ3n) is 3.50. The summed E-state index contributed by atoms with van der Waals surface area (Å²) >= 11 is 5.95. The number of nitrogens with one attached hydrogen (secondary N) is 1. The molecule has 0 aliphatic heterocycles. The molecule has 0 aliphatic carbocycles. The Balaban J connectivity index is 1.63. The second-order valence-electron chi connectivity index (χ2n) is 5.38. The fraction of sp³-hybridized carbons (Fsp3) is 0.111. The van der Waals surface area contributed by atoms with Crippen LogP contribution in [0.5, 0.6) is 5.75 Å². The zero-order valence-corrected chi connectivity index (χ0v) is 14.1. The summed E-state index contributed by atoms with van der Waals surface area (Å²) in [5, 5.41) is 7.48. The number of carbonyl (C=O) groups excluding carboxylic acids is 1. The van der Waals surface area contributed by atoms with Gasteiger partial charge in [0, 0.05) is 16.9 Å². The second kappa shape index (κ2) is 7.36. The normalized spacial score (nSPS) is 10.5. The topological polar surface area (TPSA) is 56.2 Å². The molecule has 25 heavy (non-hydrogen) atoms. The Bertz CT molecular complexity index is 894. The summed E-state index contributed by atoms with van der Waals surface area (Å²) in [6, 6.07) is 12.5. The number of rotatable bonds is 5. The van der Waals surface area contributed by atoms with Crippen LogP contribution in [0.15, 0.2) is 54.7 Å². The number of anilines is 1. The van der Waals surface area contributed by atoms with Gasteiger partial charge in [0.1, 0.15) is 11.6 Å². The molecule has 1 heterocycles. The van der Waals surface area contributed by atoms with Gasteiger partial charge in [0.2, 0.25) is 0 Å². The van der Waals surface area contributed by atoms with Gasteiger partial charge in [-0.25, -0.2) is 9.07 Å². The highest BCUT2D eigenvalue weighted by Crippen LogP contribution is 2.20. The quantitative estimate of drug-likeness (QED) is 0.740. The first-order valence-corrected chi connectivity index (χ1v) is 7.88. The molecule has 7 heteroatoms. The summed E-state index contributed by atoms with van der Waals surface area (Å²) in [5.41, 5.74) is 1.79. The van der Waals surface area contributed by atoms with Crippen molar-refractivity contribution in [3.63, 3.8) is 0 Å².